The van der Waals surface area contributed by atoms with Crippen LogP contribution < -0.4 is 4.74 Å². The van der Waals surface area contributed by atoms with Crippen molar-refractivity contribution in [3.8, 4) is 6.01 Å². The Morgan fingerprint density at radius 2 is 1.95 bits per heavy atom. The second-order valence-corrected chi connectivity index (χ2v) is 6.20. The van der Waals surface area contributed by atoms with Crippen LogP contribution in [0.5, 0.6) is 6.01 Å². The van der Waals surface area contributed by atoms with Crippen LogP contribution in [0.3, 0.4) is 0 Å². The molecule has 1 aromatic carbocycles. The molecule has 0 amide bonds. The molecule has 0 aliphatic carbocycles. The number of piperidine rings is 1. The fourth-order valence-electron chi connectivity index (χ4n) is 2.76. The monoisotopic (exact) mass is 317 g/mol. The van der Waals surface area contributed by atoms with Crippen molar-refractivity contribution in [1.82, 2.24) is 14.9 Å². The molecular formula is C17H20ClN3O. The van der Waals surface area contributed by atoms with Gasteiger partial charge in [0.25, 0.3) is 0 Å². The summed E-state index contributed by atoms with van der Waals surface area (Å²) in [6, 6.07) is 9.12. The number of likely N-dealkylation sites (tertiary alicyclic amines) is 1. The van der Waals surface area contributed by atoms with E-state index in [4.69, 9.17) is 16.3 Å². The third-order valence-corrected chi connectivity index (χ3v) is 4.09. The zero-order chi connectivity index (χ0) is 15.4. The Labute approximate surface area is 136 Å². The average Bonchev–Trinajstić information content (AvgIpc) is 2.52. The number of nitrogens with zero attached hydrogens (tertiary/aromatic N) is 3. The topological polar surface area (TPSA) is 38.2 Å². The SMILES string of the molecule is Cc1cccc(CN2CCC(Oc3ncc(Cl)cn3)CC2)c1. The highest BCUT2D eigenvalue weighted by Gasteiger charge is 2.21. The van der Waals surface area contributed by atoms with Crippen molar-refractivity contribution in [1.29, 1.82) is 0 Å². The lowest BCUT2D eigenvalue weighted by Crippen LogP contribution is -2.38. The molecule has 0 bridgehead atoms. The molecule has 1 aromatic heterocycles. The summed E-state index contributed by atoms with van der Waals surface area (Å²) in [4.78, 5) is 10.6. The Morgan fingerprint density at radius 1 is 1.23 bits per heavy atom. The molecule has 1 saturated heterocycles. The van der Waals surface area contributed by atoms with Crippen LogP contribution in [0.15, 0.2) is 36.7 Å². The minimum absolute atomic E-state index is 0.190. The number of hydrogen-bond donors (Lipinski definition) is 0. The van der Waals surface area contributed by atoms with Gasteiger partial charge in [-0.05, 0) is 25.3 Å². The van der Waals surface area contributed by atoms with Crippen molar-refractivity contribution in [3.05, 3.63) is 52.8 Å². The van der Waals surface area contributed by atoms with Crippen molar-refractivity contribution in [2.24, 2.45) is 0 Å². The van der Waals surface area contributed by atoms with Crippen molar-refractivity contribution in [2.75, 3.05) is 13.1 Å². The summed E-state index contributed by atoms with van der Waals surface area (Å²) in [5.41, 5.74) is 2.69. The maximum absolute atomic E-state index is 5.82. The van der Waals surface area contributed by atoms with E-state index in [1.54, 1.807) is 12.4 Å². The summed E-state index contributed by atoms with van der Waals surface area (Å²) in [5, 5.41) is 0.528. The molecule has 116 valence electrons. The molecular weight excluding hydrogens is 298 g/mol. The number of benzene rings is 1. The van der Waals surface area contributed by atoms with Gasteiger partial charge in [-0.25, -0.2) is 9.97 Å². The molecule has 0 N–H and O–H groups in total. The molecule has 3 rings (SSSR count). The van der Waals surface area contributed by atoms with Crippen LogP contribution in [0.25, 0.3) is 0 Å². The first-order valence-corrected chi connectivity index (χ1v) is 7.99. The van der Waals surface area contributed by atoms with Crippen molar-refractivity contribution in [2.45, 2.75) is 32.4 Å². The predicted molar refractivity (Wildman–Crippen MR) is 87.1 cm³/mol. The van der Waals surface area contributed by atoms with Crippen LogP contribution in [0.4, 0.5) is 0 Å². The van der Waals surface area contributed by atoms with Gasteiger partial charge in [0.2, 0.25) is 0 Å². The number of hydrogen-bond acceptors (Lipinski definition) is 4. The van der Waals surface area contributed by atoms with Gasteiger partial charge >= 0.3 is 6.01 Å². The summed E-state index contributed by atoms with van der Waals surface area (Å²) in [6.07, 6.45) is 5.32. The molecule has 0 radical (unpaired) electrons. The second kappa shape index (κ2) is 7.07. The third-order valence-electron chi connectivity index (χ3n) is 3.89. The Hall–Kier alpha value is -1.65. The summed E-state index contributed by atoms with van der Waals surface area (Å²) in [7, 11) is 0. The first-order valence-electron chi connectivity index (χ1n) is 7.61. The highest BCUT2D eigenvalue weighted by atomic mass is 35.5. The largest absolute Gasteiger partial charge is 0.460 e. The van der Waals surface area contributed by atoms with Gasteiger partial charge in [-0.15, -0.1) is 0 Å². The normalized spacial score (nSPS) is 16.6. The Bertz CT molecular complexity index is 610. The number of aromatic nitrogens is 2. The van der Waals surface area contributed by atoms with E-state index in [2.05, 4.69) is 46.1 Å². The highest BCUT2D eigenvalue weighted by molar-refractivity contribution is 6.30. The molecule has 0 spiro atoms. The van der Waals surface area contributed by atoms with E-state index in [0.29, 0.717) is 11.0 Å². The minimum Gasteiger partial charge on any atom is -0.460 e. The first-order chi connectivity index (χ1) is 10.7. The summed E-state index contributed by atoms with van der Waals surface area (Å²) >= 11 is 5.77. The lowest BCUT2D eigenvalue weighted by molar-refractivity contribution is 0.0892. The lowest BCUT2D eigenvalue weighted by Gasteiger charge is -2.31. The van der Waals surface area contributed by atoms with Gasteiger partial charge in [-0.2, -0.15) is 0 Å². The molecule has 0 atom stereocenters. The van der Waals surface area contributed by atoms with Gasteiger partial charge in [0, 0.05) is 19.6 Å². The highest BCUT2D eigenvalue weighted by Crippen LogP contribution is 2.18. The summed E-state index contributed by atoms with van der Waals surface area (Å²) in [5.74, 6) is 0. The lowest BCUT2D eigenvalue weighted by atomic mass is 10.1. The third kappa shape index (κ3) is 4.18. The fraction of sp³-hybridized carbons (Fsp3) is 0.412. The fourth-order valence-corrected chi connectivity index (χ4v) is 2.86. The van der Waals surface area contributed by atoms with Crippen molar-refractivity contribution in [3.63, 3.8) is 0 Å². The van der Waals surface area contributed by atoms with Crippen LogP contribution in [-0.4, -0.2) is 34.1 Å². The van der Waals surface area contributed by atoms with E-state index in [1.165, 1.54) is 11.1 Å². The van der Waals surface area contributed by atoms with Crippen LogP contribution in [0, 0.1) is 6.92 Å². The Kier molecular flexibility index (Phi) is 4.90. The van der Waals surface area contributed by atoms with E-state index >= 15 is 0 Å². The molecule has 5 heteroatoms. The van der Waals surface area contributed by atoms with Crippen LogP contribution >= 0.6 is 11.6 Å². The first kappa shape index (κ1) is 15.3. The second-order valence-electron chi connectivity index (χ2n) is 5.77. The number of rotatable bonds is 4. The van der Waals surface area contributed by atoms with Crippen molar-refractivity contribution < 1.29 is 4.74 Å². The van der Waals surface area contributed by atoms with E-state index in [9.17, 15) is 0 Å². The average molecular weight is 318 g/mol. The van der Waals surface area contributed by atoms with Crippen LogP contribution in [-0.2, 0) is 6.54 Å². The molecule has 2 aromatic rings. The smallest absolute Gasteiger partial charge is 0.316 e. The molecule has 1 aliphatic heterocycles. The number of halogens is 1. The summed E-state index contributed by atoms with van der Waals surface area (Å²) in [6.45, 7) is 5.21. The number of aryl methyl sites for hydroxylation is 1. The predicted octanol–water partition coefficient (Wildman–Crippen LogP) is 3.48. The Balaban J connectivity index is 1.49. The minimum atomic E-state index is 0.190. The molecule has 22 heavy (non-hydrogen) atoms. The molecule has 2 heterocycles. The Morgan fingerprint density at radius 3 is 2.64 bits per heavy atom. The van der Waals surface area contributed by atoms with E-state index < -0.39 is 0 Å². The van der Waals surface area contributed by atoms with Crippen LogP contribution in [0.1, 0.15) is 24.0 Å². The summed E-state index contributed by atoms with van der Waals surface area (Å²) < 4.78 is 5.82. The van der Waals surface area contributed by atoms with Gasteiger partial charge in [-0.1, -0.05) is 41.4 Å². The maximum atomic E-state index is 5.82. The van der Waals surface area contributed by atoms with E-state index in [1.807, 2.05) is 0 Å². The van der Waals surface area contributed by atoms with Gasteiger partial charge < -0.3 is 4.74 Å². The van der Waals surface area contributed by atoms with Gasteiger partial charge in [0.1, 0.15) is 6.10 Å². The zero-order valence-electron chi connectivity index (χ0n) is 12.7. The van der Waals surface area contributed by atoms with Gasteiger partial charge in [-0.3, -0.25) is 4.90 Å². The van der Waals surface area contributed by atoms with Crippen LogP contribution in [0.2, 0.25) is 5.02 Å². The van der Waals surface area contributed by atoms with E-state index in [0.717, 1.165) is 32.5 Å². The molecule has 1 fully saturated rings. The number of ether oxygens (including phenoxy) is 1. The maximum Gasteiger partial charge on any atom is 0.316 e. The van der Waals surface area contributed by atoms with E-state index in [-0.39, 0.29) is 6.10 Å². The zero-order valence-corrected chi connectivity index (χ0v) is 13.5. The molecule has 4 nitrogen and oxygen atoms in total. The molecule has 0 saturated carbocycles. The van der Waals surface area contributed by atoms with Crippen molar-refractivity contribution >= 4 is 11.6 Å². The van der Waals surface area contributed by atoms with Gasteiger partial charge in [0.05, 0.1) is 17.4 Å². The van der Waals surface area contributed by atoms with Gasteiger partial charge in [0.15, 0.2) is 0 Å². The molecule has 1 aliphatic rings. The molecule has 0 unspecified atom stereocenters. The standard InChI is InChI=1S/C17H20ClN3O/c1-13-3-2-4-14(9-13)12-21-7-5-16(6-8-21)22-17-19-10-15(18)11-20-17/h2-4,9-11,16H,5-8,12H2,1H3. The quantitative estimate of drug-likeness (QED) is 0.865.